The third-order valence-corrected chi connectivity index (χ3v) is 10.3. The summed E-state index contributed by atoms with van der Waals surface area (Å²) in [5.74, 6) is 2.13. The van der Waals surface area contributed by atoms with Crippen LogP contribution in [0.4, 0.5) is 10.6 Å². The number of thiophene rings is 1. The number of nitrogens with one attached hydrogen (secondary N) is 1. The van der Waals surface area contributed by atoms with Gasteiger partial charge in [0.05, 0.1) is 30.2 Å². The molecule has 1 aliphatic heterocycles. The van der Waals surface area contributed by atoms with Crippen molar-refractivity contribution in [2.45, 2.75) is 59.2 Å². The second-order valence-corrected chi connectivity index (χ2v) is 15.7. The number of ether oxygens (including phenoxy) is 2. The van der Waals surface area contributed by atoms with Crippen LogP contribution in [0.3, 0.4) is 0 Å². The van der Waals surface area contributed by atoms with Crippen molar-refractivity contribution in [3.8, 4) is 16.2 Å². The number of rotatable bonds is 8. The maximum atomic E-state index is 12.6. The van der Waals surface area contributed by atoms with E-state index in [1.54, 1.807) is 36.5 Å². The third kappa shape index (κ3) is 7.65. The van der Waals surface area contributed by atoms with Gasteiger partial charge in [-0.05, 0) is 75.9 Å². The summed E-state index contributed by atoms with van der Waals surface area (Å²) < 4.78 is 35.3. The minimum Gasteiger partial charge on any atom is -0.496 e. The smallest absolute Gasteiger partial charge is 0.410 e. The van der Waals surface area contributed by atoms with Crippen molar-refractivity contribution in [1.82, 2.24) is 14.9 Å². The molecule has 5 rings (SSSR count). The van der Waals surface area contributed by atoms with Gasteiger partial charge in [0.2, 0.25) is 0 Å². The fourth-order valence-electron chi connectivity index (χ4n) is 5.29. The highest BCUT2D eigenvalue weighted by atomic mass is 32.2. The Morgan fingerprint density at radius 1 is 1.11 bits per heavy atom. The van der Waals surface area contributed by atoms with Crippen LogP contribution in [0.1, 0.15) is 62.0 Å². The van der Waals surface area contributed by atoms with Gasteiger partial charge in [-0.15, -0.1) is 11.3 Å². The van der Waals surface area contributed by atoms with E-state index in [1.807, 2.05) is 58.0 Å². The molecule has 2 aromatic heterocycles. The number of methoxy groups -OCH3 is 1. The van der Waals surface area contributed by atoms with Crippen molar-refractivity contribution in [3.05, 3.63) is 76.4 Å². The van der Waals surface area contributed by atoms with Gasteiger partial charge in [0.15, 0.2) is 9.84 Å². The Balaban J connectivity index is 1.42. The van der Waals surface area contributed by atoms with Crippen molar-refractivity contribution >= 4 is 49.6 Å². The molecular weight excluding hydrogens is 609 g/mol. The molecule has 1 amide bonds. The Labute approximate surface area is 269 Å². The standard InChI is InChI=1S/C34H40N4O5S2/c1-21(30-12-13-31(44-30)25-11-9-8-10-24(25)20-38(6)33(39)43-34(3,4)5)35-32-27-18-26(23-14-16-45(40,41)17-15-23)29(42-7)19-28(27)36-22(2)37-32/h8-14,18-19,21H,15-17,20H2,1-7H3,(H,35,36,37)/t21-/m1/s1. The van der Waals surface area contributed by atoms with Gasteiger partial charge in [-0.2, -0.15) is 0 Å². The first-order valence-electron chi connectivity index (χ1n) is 14.9. The molecule has 0 unspecified atom stereocenters. The van der Waals surface area contributed by atoms with Crippen LogP contribution in [0.2, 0.25) is 0 Å². The van der Waals surface area contributed by atoms with E-state index in [0.717, 1.165) is 42.9 Å². The van der Waals surface area contributed by atoms with Crippen molar-refractivity contribution in [2.24, 2.45) is 0 Å². The van der Waals surface area contributed by atoms with E-state index in [4.69, 9.17) is 14.5 Å². The van der Waals surface area contributed by atoms with Gasteiger partial charge in [0.25, 0.3) is 0 Å². The highest BCUT2D eigenvalue weighted by Crippen LogP contribution is 2.38. The SMILES string of the molecule is COc1cc2nc(C)nc(N[C@H](C)c3ccc(-c4ccccc4CN(C)C(=O)OC(C)(C)C)s3)c2cc1C1=CCS(=O)(=O)CC1. The number of carbonyl (C=O) groups excluding carboxylic acids is 1. The largest absolute Gasteiger partial charge is 0.496 e. The number of nitrogens with zero attached hydrogens (tertiary/aromatic N) is 3. The van der Waals surface area contributed by atoms with Crippen molar-refractivity contribution in [3.63, 3.8) is 0 Å². The van der Waals surface area contributed by atoms with E-state index < -0.39 is 15.4 Å². The lowest BCUT2D eigenvalue weighted by Crippen LogP contribution is -2.33. The molecule has 0 spiro atoms. The second kappa shape index (κ2) is 12.8. The Kier molecular flexibility index (Phi) is 9.23. The summed E-state index contributed by atoms with van der Waals surface area (Å²) in [4.78, 5) is 25.9. The van der Waals surface area contributed by atoms with E-state index >= 15 is 0 Å². The molecule has 2 aromatic carbocycles. The van der Waals surface area contributed by atoms with Crippen molar-refractivity contribution < 1.29 is 22.7 Å². The van der Waals surface area contributed by atoms with Crippen LogP contribution in [0.5, 0.6) is 5.75 Å². The first kappa shape index (κ1) is 32.4. The van der Waals surface area contributed by atoms with Crippen LogP contribution >= 0.6 is 11.3 Å². The zero-order valence-electron chi connectivity index (χ0n) is 26.8. The second-order valence-electron chi connectivity index (χ2n) is 12.3. The molecule has 0 saturated heterocycles. The number of carbonyl (C=O) groups is 1. The molecule has 1 aliphatic rings. The number of hydrogen-bond donors (Lipinski definition) is 1. The molecule has 0 saturated carbocycles. The molecule has 1 N–H and O–H groups in total. The van der Waals surface area contributed by atoms with Crippen LogP contribution in [0.25, 0.3) is 26.9 Å². The molecule has 0 radical (unpaired) electrons. The molecule has 9 nitrogen and oxygen atoms in total. The zero-order chi connectivity index (χ0) is 32.5. The number of benzene rings is 2. The van der Waals surface area contributed by atoms with Crippen LogP contribution in [-0.4, -0.2) is 60.6 Å². The summed E-state index contributed by atoms with van der Waals surface area (Å²) >= 11 is 1.69. The van der Waals surface area contributed by atoms with E-state index in [1.165, 1.54) is 0 Å². The van der Waals surface area contributed by atoms with Crippen LogP contribution in [0.15, 0.2) is 54.6 Å². The molecule has 11 heteroatoms. The normalized spacial score (nSPS) is 15.3. The van der Waals surface area contributed by atoms with Gasteiger partial charge in [0.1, 0.15) is 23.0 Å². The highest BCUT2D eigenvalue weighted by molar-refractivity contribution is 7.91. The monoisotopic (exact) mass is 648 g/mol. The molecule has 0 aliphatic carbocycles. The molecule has 3 heterocycles. The van der Waals surface area contributed by atoms with Crippen LogP contribution < -0.4 is 10.1 Å². The number of anilines is 1. The number of allylic oxidation sites excluding steroid dienone is 1. The molecule has 4 aromatic rings. The number of hydrogen-bond acceptors (Lipinski definition) is 9. The quantitative estimate of drug-likeness (QED) is 0.210. The van der Waals surface area contributed by atoms with Gasteiger partial charge in [-0.1, -0.05) is 30.3 Å². The highest BCUT2D eigenvalue weighted by Gasteiger charge is 2.23. The molecule has 238 valence electrons. The number of aromatic nitrogens is 2. The average Bonchev–Trinajstić information content (AvgIpc) is 3.46. The molecule has 1 atom stereocenters. The number of aryl methyl sites for hydroxylation is 1. The van der Waals surface area contributed by atoms with E-state index in [0.29, 0.717) is 30.4 Å². The Morgan fingerprint density at radius 3 is 2.56 bits per heavy atom. The average molecular weight is 649 g/mol. The van der Waals surface area contributed by atoms with Gasteiger partial charge in [-0.3, -0.25) is 0 Å². The zero-order valence-corrected chi connectivity index (χ0v) is 28.4. The first-order chi connectivity index (χ1) is 21.2. The number of amides is 1. The van der Waals surface area contributed by atoms with E-state index in [-0.39, 0.29) is 23.6 Å². The Bertz CT molecular complexity index is 1880. The van der Waals surface area contributed by atoms with Gasteiger partial charge >= 0.3 is 6.09 Å². The Hall–Kier alpha value is -3.96. The molecule has 0 fully saturated rings. The topological polar surface area (TPSA) is 111 Å². The summed E-state index contributed by atoms with van der Waals surface area (Å²) in [6, 6.07) is 16.2. The lowest BCUT2D eigenvalue weighted by atomic mass is 9.99. The predicted octanol–water partition coefficient (Wildman–Crippen LogP) is 7.42. The first-order valence-corrected chi connectivity index (χ1v) is 17.5. The minimum absolute atomic E-state index is 0.0250. The summed E-state index contributed by atoms with van der Waals surface area (Å²) in [7, 11) is 0.302. The number of fused-ring (bicyclic) bond motifs is 1. The van der Waals surface area contributed by atoms with Gasteiger partial charge < -0.3 is 19.7 Å². The van der Waals surface area contributed by atoms with E-state index in [9.17, 15) is 13.2 Å². The third-order valence-electron chi connectivity index (χ3n) is 7.54. The lowest BCUT2D eigenvalue weighted by Gasteiger charge is -2.25. The summed E-state index contributed by atoms with van der Waals surface area (Å²) in [6.07, 6.45) is 1.85. The molecule has 0 bridgehead atoms. The maximum Gasteiger partial charge on any atom is 0.410 e. The fraction of sp³-hybridized carbons (Fsp3) is 0.382. The number of sulfone groups is 1. The van der Waals surface area contributed by atoms with Crippen LogP contribution in [0, 0.1) is 6.92 Å². The Morgan fingerprint density at radius 2 is 1.87 bits per heavy atom. The van der Waals surface area contributed by atoms with Gasteiger partial charge in [-0.25, -0.2) is 23.2 Å². The molecular formula is C34H40N4O5S2. The lowest BCUT2D eigenvalue weighted by molar-refractivity contribution is 0.0285. The predicted molar refractivity (Wildman–Crippen MR) is 182 cm³/mol. The van der Waals surface area contributed by atoms with E-state index in [2.05, 4.69) is 35.4 Å². The summed E-state index contributed by atoms with van der Waals surface area (Å²) in [5, 5.41) is 4.44. The fourth-order valence-corrected chi connectivity index (χ4v) is 7.51. The van der Waals surface area contributed by atoms with Crippen molar-refractivity contribution in [2.75, 3.05) is 31.0 Å². The van der Waals surface area contributed by atoms with Crippen LogP contribution in [-0.2, 0) is 21.1 Å². The minimum atomic E-state index is -3.06. The maximum absolute atomic E-state index is 12.6. The van der Waals surface area contributed by atoms with Gasteiger partial charge in [0, 0.05) is 40.4 Å². The summed E-state index contributed by atoms with van der Waals surface area (Å²) in [6.45, 7) is 9.96. The molecule has 45 heavy (non-hydrogen) atoms. The summed E-state index contributed by atoms with van der Waals surface area (Å²) in [5.41, 5.74) is 4.09. The van der Waals surface area contributed by atoms with Crippen molar-refractivity contribution in [1.29, 1.82) is 0 Å².